The van der Waals surface area contributed by atoms with Crippen molar-refractivity contribution in [3.63, 3.8) is 0 Å². The van der Waals surface area contributed by atoms with Crippen molar-refractivity contribution in [3.8, 4) is 0 Å². The highest BCUT2D eigenvalue weighted by molar-refractivity contribution is 5.71. The molecular weight excluding hydrogens is 216 g/mol. The second kappa shape index (κ2) is 6.17. The SMILES string of the molecule is CCOC(=O)CNCc1c(F)cccc1F. The predicted molar refractivity (Wildman–Crippen MR) is 54.7 cm³/mol. The molecule has 88 valence electrons. The van der Waals surface area contributed by atoms with Gasteiger partial charge in [-0.05, 0) is 19.1 Å². The van der Waals surface area contributed by atoms with Crippen molar-refractivity contribution in [3.05, 3.63) is 35.4 Å². The van der Waals surface area contributed by atoms with E-state index >= 15 is 0 Å². The smallest absolute Gasteiger partial charge is 0.319 e. The van der Waals surface area contributed by atoms with Crippen LogP contribution in [-0.2, 0) is 16.1 Å². The summed E-state index contributed by atoms with van der Waals surface area (Å²) in [6, 6.07) is 3.63. The van der Waals surface area contributed by atoms with E-state index in [0.29, 0.717) is 0 Å². The quantitative estimate of drug-likeness (QED) is 0.780. The van der Waals surface area contributed by atoms with Gasteiger partial charge in [-0.15, -0.1) is 0 Å². The number of carbonyl (C=O) groups excluding carboxylic acids is 1. The molecule has 1 rings (SSSR count). The number of esters is 1. The van der Waals surface area contributed by atoms with Crippen LogP contribution in [-0.4, -0.2) is 19.1 Å². The summed E-state index contributed by atoms with van der Waals surface area (Å²) >= 11 is 0. The van der Waals surface area contributed by atoms with Crippen molar-refractivity contribution in [2.24, 2.45) is 0 Å². The van der Waals surface area contributed by atoms with Crippen LogP contribution in [0.4, 0.5) is 8.78 Å². The number of carbonyl (C=O) groups is 1. The third kappa shape index (κ3) is 3.58. The summed E-state index contributed by atoms with van der Waals surface area (Å²) in [5.41, 5.74) is -0.0770. The Kier molecular flexibility index (Phi) is 4.85. The van der Waals surface area contributed by atoms with E-state index < -0.39 is 17.6 Å². The first kappa shape index (κ1) is 12.6. The minimum Gasteiger partial charge on any atom is -0.465 e. The first-order valence-electron chi connectivity index (χ1n) is 4.94. The largest absolute Gasteiger partial charge is 0.465 e. The predicted octanol–water partition coefficient (Wildman–Crippen LogP) is 1.62. The molecule has 1 aromatic carbocycles. The van der Waals surface area contributed by atoms with Gasteiger partial charge in [-0.2, -0.15) is 0 Å². The van der Waals surface area contributed by atoms with E-state index in [1.807, 2.05) is 0 Å². The number of hydrogen-bond donors (Lipinski definition) is 1. The maximum absolute atomic E-state index is 13.1. The van der Waals surface area contributed by atoms with Gasteiger partial charge in [-0.3, -0.25) is 4.79 Å². The second-order valence-electron chi connectivity index (χ2n) is 3.11. The zero-order valence-corrected chi connectivity index (χ0v) is 8.93. The molecule has 0 aliphatic rings. The van der Waals surface area contributed by atoms with Gasteiger partial charge in [0.05, 0.1) is 13.2 Å². The summed E-state index contributed by atoms with van der Waals surface area (Å²) in [6.45, 7) is 1.86. The lowest BCUT2D eigenvalue weighted by Crippen LogP contribution is -2.25. The first-order valence-corrected chi connectivity index (χ1v) is 4.94. The molecule has 16 heavy (non-hydrogen) atoms. The van der Waals surface area contributed by atoms with Gasteiger partial charge in [0.15, 0.2) is 0 Å². The van der Waals surface area contributed by atoms with E-state index in [9.17, 15) is 13.6 Å². The molecule has 0 saturated heterocycles. The maximum atomic E-state index is 13.1. The fourth-order valence-corrected chi connectivity index (χ4v) is 1.20. The molecule has 0 heterocycles. The number of nitrogens with one attached hydrogen (secondary N) is 1. The Balaban J connectivity index is 2.46. The van der Waals surface area contributed by atoms with Crippen molar-refractivity contribution in [1.82, 2.24) is 5.32 Å². The molecule has 0 unspecified atom stereocenters. The lowest BCUT2D eigenvalue weighted by Gasteiger charge is -2.06. The number of ether oxygens (including phenoxy) is 1. The molecule has 0 atom stereocenters. The third-order valence-corrected chi connectivity index (χ3v) is 1.94. The number of hydrogen-bond acceptors (Lipinski definition) is 3. The molecule has 0 amide bonds. The van der Waals surface area contributed by atoms with E-state index in [-0.39, 0.29) is 25.3 Å². The highest BCUT2D eigenvalue weighted by atomic mass is 19.1. The van der Waals surface area contributed by atoms with Crippen LogP contribution in [0.5, 0.6) is 0 Å². The van der Waals surface area contributed by atoms with Crippen LogP contribution in [0.2, 0.25) is 0 Å². The van der Waals surface area contributed by atoms with E-state index in [4.69, 9.17) is 0 Å². The van der Waals surface area contributed by atoms with Gasteiger partial charge in [0.1, 0.15) is 11.6 Å². The molecule has 3 nitrogen and oxygen atoms in total. The summed E-state index contributed by atoms with van der Waals surface area (Å²) < 4.78 is 30.9. The Morgan fingerprint density at radius 3 is 2.56 bits per heavy atom. The lowest BCUT2D eigenvalue weighted by molar-refractivity contribution is -0.142. The lowest BCUT2D eigenvalue weighted by atomic mass is 10.2. The Morgan fingerprint density at radius 1 is 1.38 bits per heavy atom. The molecule has 0 aromatic heterocycles. The van der Waals surface area contributed by atoms with Gasteiger partial charge in [-0.25, -0.2) is 8.78 Å². The fourth-order valence-electron chi connectivity index (χ4n) is 1.20. The van der Waals surface area contributed by atoms with Gasteiger partial charge in [0, 0.05) is 12.1 Å². The van der Waals surface area contributed by atoms with Crippen LogP contribution in [0.15, 0.2) is 18.2 Å². The molecule has 0 radical (unpaired) electrons. The van der Waals surface area contributed by atoms with E-state index in [1.54, 1.807) is 6.92 Å². The van der Waals surface area contributed by atoms with Crippen molar-refractivity contribution in [1.29, 1.82) is 0 Å². The van der Waals surface area contributed by atoms with Crippen molar-refractivity contribution in [2.75, 3.05) is 13.2 Å². The van der Waals surface area contributed by atoms with E-state index in [2.05, 4.69) is 10.1 Å². The molecule has 5 heteroatoms. The molecule has 0 fully saturated rings. The van der Waals surface area contributed by atoms with Gasteiger partial charge >= 0.3 is 5.97 Å². The Hall–Kier alpha value is -1.49. The fraction of sp³-hybridized carbons (Fsp3) is 0.364. The zero-order chi connectivity index (χ0) is 12.0. The number of rotatable bonds is 5. The van der Waals surface area contributed by atoms with Crippen LogP contribution >= 0.6 is 0 Å². The number of benzene rings is 1. The monoisotopic (exact) mass is 229 g/mol. The first-order chi connectivity index (χ1) is 7.65. The summed E-state index contributed by atoms with van der Waals surface area (Å²) in [4.78, 5) is 10.9. The zero-order valence-electron chi connectivity index (χ0n) is 8.93. The maximum Gasteiger partial charge on any atom is 0.319 e. The van der Waals surface area contributed by atoms with Crippen LogP contribution < -0.4 is 5.32 Å². The molecule has 0 saturated carbocycles. The van der Waals surface area contributed by atoms with Gasteiger partial charge < -0.3 is 10.1 Å². The summed E-state index contributed by atoms with van der Waals surface area (Å²) in [7, 11) is 0. The van der Waals surface area contributed by atoms with Crippen LogP contribution in [0.1, 0.15) is 12.5 Å². The highest BCUT2D eigenvalue weighted by Crippen LogP contribution is 2.11. The van der Waals surface area contributed by atoms with Crippen LogP contribution in [0, 0.1) is 11.6 Å². The van der Waals surface area contributed by atoms with E-state index in [1.165, 1.54) is 18.2 Å². The van der Waals surface area contributed by atoms with Crippen molar-refractivity contribution >= 4 is 5.97 Å². The van der Waals surface area contributed by atoms with E-state index in [0.717, 1.165) is 0 Å². The average Bonchev–Trinajstić information content (AvgIpc) is 2.23. The van der Waals surface area contributed by atoms with Gasteiger partial charge in [-0.1, -0.05) is 6.07 Å². The Bertz CT molecular complexity index is 349. The average molecular weight is 229 g/mol. The Morgan fingerprint density at radius 2 is 2.00 bits per heavy atom. The van der Waals surface area contributed by atoms with Crippen molar-refractivity contribution in [2.45, 2.75) is 13.5 Å². The topological polar surface area (TPSA) is 38.3 Å². The summed E-state index contributed by atoms with van der Waals surface area (Å²) in [6.07, 6.45) is 0. The summed E-state index contributed by atoms with van der Waals surface area (Å²) in [5, 5.41) is 2.61. The molecule has 0 aliphatic heterocycles. The second-order valence-corrected chi connectivity index (χ2v) is 3.11. The summed E-state index contributed by atoms with van der Waals surface area (Å²) in [5.74, 6) is -1.70. The molecule has 0 spiro atoms. The third-order valence-electron chi connectivity index (χ3n) is 1.94. The normalized spacial score (nSPS) is 10.2. The molecule has 1 N–H and O–H groups in total. The van der Waals surface area contributed by atoms with Gasteiger partial charge in [0.2, 0.25) is 0 Å². The van der Waals surface area contributed by atoms with Gasteiger partial charge in [0.25, 0.3) is 0 Å². The van der Waals surface area contributed by atoms with Crippen LogP contribution in [0.3, 0.4) is 0 Å². The molecule has 0 aliphatic carbocycles. The highest BCUT2D eigenvalue weighted by Gasteiger charge is 2.08. The number of halogens is 2. The Labute approximate surface area is 92.4 Å². The van der Waals surface area contributed by atoms with Crippen LogP contribution in [0.25, 0.3) is 0 Å². The molecule has 1 aromatic rings. The molecule has 0 bridgehead atoms. The minimum atomic E-state index is -0.628. The molecular formula is C11H13F2NO2. The minimum absolute atomic E-state index is 0.0443. The standard InChI is InChI=1S/C11H13F2NO2/c1-2-16-11(15)7-14-6-8-9(12)4-3-5-10(8)13/h3-5,14H,2,6-7H2,1H3. The van der Waals surface area contributed by atoms with Crippen molar-refractivity contribution < 1.29 is 18.3 Å².